The monoisotopic (exact) mass is 345 g/mol. The van der Waals surface area contributed by atoms with Crippen molar-refractivity contribution in [2.75, 3.05) is 0 Å². The number of halogens is 2. The van der Waals surface area contributed by atoms with E-state index in [0.29, 0.717) is 11.1 Å². The molecule has 2 aromatic heterocycles. The Morgan fingerprint density at radius 1 is 1.24 bits per heavy atom. The highest BCUT2D eigenvalue weighted by Crippen LogP contribution is 2.23. The highest BCUT2D eigenvalue weighted by Gasteiger charge is 2.22. The van der Waals surface area contributed by atoms with E-state index >= 15 is 0 Å². The van der Waals surface area contributed by atoms with Crippen molar-refractivity contribution in [3.63, 3.8) is 0 Å². The largest absolute Gasteiger partial charge is 0.449 e. The molecule has 0 aliphatic rings. The van der Waals surface area contributed by atoms with Crippen molar-refractivity contribution >= 4 is 5.97 Å². The van der Waals surface area contributed by atoms with E-state index in [2.05, 4.69) is 15.1 Å². The van der Waals surface area contributed by atoms with Gasteiger partial charge >= 0.3 is 5.97 Å². The van der Waals surface area contributed by atoms with Gasteiger partial charge in [0.2, 0.25) is 5.82 Å². The molecular formula is C17H13F2N3O3. The number of aryl methyl sites for hydroxylation is 1. The molecule has 128 valence electrons. The van der Waals surface area contributed by atoms with E-state index in [-0.39, 0.29) is 17.3 Å². The van der Waals surface area contributed by atoms with Crippen LogP contribution in [0, 0.1) is 18.6 Å². The Morgan fingerprint density at radius 2 is 2.04 bits per heavy atom. The van der Waals surface area contributed by atoms with Crippen LogP contribution in [0.2, 0.25) is 0 Å². The maximum Gasteiger partial charge on any atom is 0.342 e. The molecular weight excluding hydrogens is 332 g/mol. The molecule has 6 nitrogen and oxygen atoms in total. The second-order valence-corrected chi connectivity index (χ2v) is 5.32. The quantitative estimate of drug-likeness (QED) is 0.672. The summed E-state index contributed by atoms with van der Waals surface area (Å²) in [5.74, 6) is -1.89. The number of pyridine rings is 1. The first kappa shape index (κ1) is 16.7. The molecule has 0 N–H and O–H groups in total. The zero-order valence-corrected chi connectivity index (χ0v) is 13.4. The molecule has 0 saturated heterocycles. The summed E-state index contributed by atoms with van der Waals surface area (Å²) in [5, 5.41) is 3.75. The topological polar surface area (TPSA) is 78.1 Å². The van der Waals surface area contributed by atoms with Gasteiger partial charge in [-0.3, -0.25) is 4.98 Å². The summed E-state index contributed by atoms with van der Waals surface area (Å²) >= 11 is 0. The second-order valence-electron chi connectivity index (χ2n) is 5.32. The number of ether oxygens (including phenoxy) is 1. The summed E-state index contributed by atoms with van der Waals surface area (Å²) in [6.45, 7) is 3.14. The summed E-state index contributed by atoms with van der Waals surface area (Å²) in [6, 6.07) is 5.73. The number of hydrogen-bond donors (Lipinski definition) is 0. The highest BCUT2D eigenvalue weighted by molar-refractivity contribution is 5.89. The van der Waals surface area contributed by atoms with Crippen LogP contribution in [-0.4, -0.2) is 21.1 Å². The fraction of sp³-hybridized carbons (Fsp3) is 0.176. The first-order valence-electron chi connectivity index (χ1n) is 7.36. The molecule has 1 atom stereocenters. The lowest BCUT2D eigenvalue weighted by Gasteiger charge is -2.09. The molecule has 3 rings (SSSR count). The molecule has 1 aromatic carbocycles. The minimum atomic E-state index is -0.906. The van der Waals surface area contributed by atoms with Crippen LogP contribution in [0.15, 0.2) is 41.2 Å². The van der Waals surface area contributed by atoms with Gasteiger partial charge in [-0.25, -0.2) is 13.6 Å². The summed E-state index contributed by atoms with van der Waals surface area (Å²) in [4.78, 5) is 19.6. The van der Waals surface area contributed by atoms with E-state index < -0.39 is 23.7 Å². The van der Waals surface area contributed by atoms with E-state index in [4.69, 9.17) is 9.26 Å². The van der Waals surface area contributed by atoms with Gasteiger partial charge in [-0.1, -0.05) is 17.3 Å². The Labute approximate surface area is 141 Å². The van der Waals surface area contributed by atoms with Crippen LogP contribution in [0.3, 0.4) is 0 Å². The summed E-state index contributed by atoms with van der Waals surface area (Å²) in [7, 11) is 0. The standard InChI is InChI=1S/C17H13F2N3O3/c1-9-3-4-11(7-13(9)18)15-21-16(25-22-15)10(2)24-17(23)12-5-6-20-8-14(12)19/h3-8,10H,1-2H3/t10-/m0/s1. The normalized spacial score (nSPS) is 12.0. The maximum absolute atomic E-state index is 13.6. The van der Waals surface area contributed by atoms with Crippen LogP contribution in [0.4, 0.5) is 8.78 Å². The van der Waals surface area contributed by atoms with E-state index in [1.807, 2.05) is 0 Å². The number of nitrogens with zero attached hydrogens (tertiary/aromatic N) is 3. The van der Waals surface area contributed by atoms with Crippen molar-refractivity contribution in [3.8, 4) is 11.4 Å². The lowest BCUT2D eigenvalue weighted by molar-refractivity contribution is 0.0260. The number of esters is 1. The number of carbonyl (C=O) groups excluding carboxylic acids is 1. The van der Waals surface area contributed by atoms with Gasteiger partial charge in [-0.2, -0.15) is 4.98 Å². The van der Waals surface area contributed by atoms with E-state index in [0.717, 1.165) is 6.20 Å². The minimum absolute atomic E-state index is 0.0128. The highest BCUT2D eigenvalue weighted by atomic mass is 19.1. The fourth-order valence-electron chi connectivity index (χ4n) is 2.06. The molecule has 2 heterocycles. The fourth-order valence-corrected chi connectivity index (χ4v) is 2.06. The zero-order chi connectivity index (χ0) is 18.0. The van der Waals surface area contributed by atoms with Gasteiger partial charge in [0.25, 0.3) is 5.89 Å². The third kappa shape index (κ3) is 3.52. The van der Waals surface area contributed by atoms with E-state index in [9.17, 15) is 13.6 Å². The van der Waals surface area contributed by atoms with Gasteiger partial charge in [0.15, 0.2) is 11.9 Å². The van der Waals surface area contributed by atoms with Gasteiger partial charge in [0, 0.05) is 11.8 Å². The Bertz CT molecular complexity index is 927. The first-order valence-corrected chi connectivity index (χ1v) is 7.36. The molecule has 0 aliphatic heterocycles. The third-order valence-corrected chi connectivity index (χ3v) is 3.50. The Morgan fingerprint density at radius 3 is 2.76 bits per heavy atom. The smallest absolute Gasteiger partial charge is 0.342 e. The SMILES string of the molecule is Cc1ccc(-c2noc([C@H](C)OC(=O)c3ccncc3F)n2)cc1F. The molecule has 0 radical (unpaired) electrons. The van der Waals surface area contributed by atoms with Gasteiger partial charge in [-0.05, 0) is 31.5 Å². The van der Waals surface area contributed by atoms with Gasteiger partial charge in [0.05, 0.1) is 11.8 Å². The number of aromatic nitrogens is 3. The minimum Gasteiger partial charge on any atom is -0.449 e. The van der Waals surface area contributed by atoms with Crippen molar-refractivity contribution in [2.24, 2.45) is 0 Å². The first-order chi connectivity index (χ1) is 12.0. The molecule has 0 spiro atoms. The van der Waals surface area contributed by atoms with E-state index in [1.165, 1.54) is 25.3 Å². The molecule has 0 unspecified atom stereocenters. The van der Waals surface area contributed by atoms with Crippen molar-refractivity contribution in [3.05, 3.63) is 65.3 Å². The maximum atomic E-state index is 13.6. The summed E-state index contributed by atoms with van der Waals surface area (Å²) in [5.41, 5.74) is 0.674. The van der Waals surface area contributed by atoms with Gasteiger partial charge < -0.3 is 9.26 Å². The van der Waals surface area contributed by atoms with E-state index in [1.54, 1.807) is 19.1 Å². The molecule has 0 fully saturated rings. The average Bonchev–Trinajstić information content (AvgIpc) is 3.08. The number of benzene rings is 1. The summed E-state index contributed by atoms with van der Waals surface area (Å²) in [6.07, 6.45) is 1.29. The molecule has 3 aromatic rings. The Balaban J connectivity index is 1.76. The third-order valence-electron chi connectivity index (χ3n) is 3.50. The molecule has 8 heteroatoms. The van der Waals surface area contributed by atoms with Crippen LogP contribution in [-0.2, 0) is 4.74 Å². The second kappa shape index (κ2) is 6.76. The molecule has 25 heavy (non-hydrogen) atoms. The Hall–Kier alpha value is -3.16. The summed E-state index contributed by atoms with van der Waals surface area (Å²) < 4.78 is 37.3. The van der Waals surface area contributed by atoms with Crippen molar-refractivity contribution in [1.29, 1.82) is 0 Å². The predicted octanol–water partition coefficient (Wildman–Crippen LogP) is 3.64. The number of hydrogen-bond acceptors (Lipinski definition) is 6. The van der Waals surface area contributed by atoms with Gasteiger partial charge in [0.1, 0.15) is 5.82 Å². The van der Waals surface area contributed by atoms with Crippen LogP contribution in [0.25, 0.3) is 11.4 Å². The number of rotatable bonds is 4. The molecule has 0 bridgehead atoms. The molecule has 0 aliphatic carbocycles. The predicted molar refractivity (Wildman–Crippen MR) is 82.5 cm³/mol. The van der Waals surface area contributed by atoms with Crippen LogP contribution >= 0.6 is 0 Å². The number of carbonyl (C=O) groups is 1. The van der Waals surface area contributed by atoms with Crippen LogP contribution in [0.1, 0.15) is 34.8 Å². The molecule has 0 amide bonds. The van der Waals surface area contributed by atoms with Crippen molar-refractivity contribution in [1.82, 2.24) is 15.1 Å². The van der Waals surface area contributed by atoms with Crippen LogP contribution in [0.5, 0.6) is 0 Å². The van der Waals surface area contributed by atoms with Crippen molar-refractivity contribution in [2.45, 2.75) is 20.0 Å². The van der Waals surface area contributed by atoms with Crippen LogP contribution < -0.4 is 0 Å². The lowest BCUT2D eigenvalue weighted by Crippen LogP contribution is -2.11. The van der Waals surface area contributed by atoms with Gasteiger partial charge in [-0.15, -0.1) is 0 Å². The Kier molecular flexibility index (Phi) is 4.51. The lowest BCUT2D eigenvalue weighted by atomic mass is 10.1. The molecule has 0 saturated carbocycles. The zero-order valence-electron chi connectivity index (χ0n) is 13.4. The average molecular weight is 345 g/mol. The van der Waals surface area contributed by atoms with Crippen molar-refractivity contribution < 1.29 is 22.8 Å².